The Morgan fingerprint density at radius 3 is 1.57 bits per heavy atom. The Morgan fingerprint density at radius 2 is 0.887 bits per heavy atom. The standard InChI is InChI=1S/C48H28N4O/c49-29-30-11-9-16-33(25-30)35-21-23-38-39-24-22-36(28-42(39)45-44(41(38)27-35)40-19-7-8-20-43(40)53-45)34-17-10-18-37(26-34)48-51-46(31-12-3-1-4-13-31)50-47(52-48)32-14-5-2-6-15-32/h1-28H. The Morgan fingerprint density at radius 1 is 0.377 bits per heavy atom. The van der Waals surface area contributed by atoms with E-state index in [1.54, 1.807) is 0 Å². The summed E-state index contributed by atoms with van der Waals surface area (Å²) < 4.78 is 6.68. The Kier molecular flexibility index (Phi) is 7.12. The molecule has 5 heteroatoms. The van der Waals surface area contributed by atoms with Gasteiger partial charge in [0.05, 0.1) is 11.6 Å². The highest BCUT2D eigenvalue weighted by molar-refractivity contribution is 6.30. The van der Waals surface area contributed by atoms with Crippen LogP contribution in [0.25, 0.3) is 99.9 Å². The van der Waals surface area contributed by atoms with Crippen LogP contribution in [-0.4, -0.2) is 15.0 Å². The van der Waals surface area contributed by atoms with Gasteiger partial charge in [0.1, 0.15) is 11.2 Å². The van der Waals surface area contributed by atoms with Crippen molar-refractivity contribution in [2.24, 2.45) is 0 Å². The maximum absolute atomic E-state index is 9.55. The van der Waals surface area contributed by atoms with Crippen LogP contribution in [0.2, 0.25) is 0 Å². The van der Waals surface area contributed by atoms with E-state index >= 15 is 0 Å². The third-order valence-electron chi connectivity index (χ3n) is 9.92. The molecule has 0 amide bonds. The van der Waals surface area contributed by atoms with Crippen LogP contribution in [0.3, 0.4) is 0 Å². The first-order valence-corrected chi connectivity index (χ1v) is 17.5. The van der Waals surface area contributed by atoms with Crippen molar-refractivity contribution in [3.05, 3.63) is 175 Å². The Bertz CT molecular complexity index is 3010. The Hall–Kier alpha value is -7.42. The van der Waals surface area contributed by atoms with Gasteiger partial charge in [-0.1, -0.05) is 133 Å². The summed E-state index contributed by atoms with van der Waals surface area (Å²) in [5.41, 5.74) is 9.28. The molecule has 0 aliphatic heterocycles. The van der Waals surface area contributed by atoms with E-state index in [2.05, 4.69) is 84.9 Å². The summed E-state index contributed by atoms with van der Waals surface area (Å²) in [4.78, 5) is 14.8. The summed E-state index contributed by atoms with van der Waals surface area (Å²) in [6.07, 6.45) is 0. The molecule has 0 spiro atoms. The summed E-state index contributed by atoms with van der Waals surface area (Å²) >= 11 is 0. The molecule has 0 atom stereocenters. The number of hydrogen-bond acceptors (Lipinski definition) is 5. The SMILES string of the molecule is N#Cc1cccc(-c2ccc3c4ccc(-c5cccc(-c6nc(-c7ccccc7)nc(-c7ccccc7)n6)c5)cc4c4oc5ccccc5c4c3c2)c1. The zero-order valence-electron chi connectivity index (χ0n) is 28.4. The number of aromatic nitrogens is 3. The van der Waals surface area contributed by atoms with E-state index in [-0.39, 0.29) is 0 Å². The molecule has 10 aromatic rings. The number of para-hydroxylation sites is 1. The molecule has 0 N–H and O–H groups in total. The van der Waals surface area contributed by atoms with Crippen LogP contribution in [-0.2, 0) is 0 Å². The summed E-state index contributed by atoms with van der Waals surface area (Å²) in [5.74, 6) is 1.87. The maximum Gasteiger partial charge on any atom is 0.164 e. The lowest BCUT2D eigenvalue weighted by Crippen LogP contribution is -2.00. The molecule has 53 heavy (non-hydrogen) atoms. The van der Waals surface area contributed by atoms with Gasteiger partial charge in [-0.25, -0.2) is 15.0 Å². The molecule has 2 heterocycles. The first-order valence-electron chi connectivity index (χ1n) is 17.5. The number of rotatable bonds is 5. The molecule has 0 unspecified atom stereocenters. The summed E-state index contributed by atoms with van der Waals surface area (Å²) in [5, 5.41) is 16.1. The zero-order chi connectivity index (χ0) is 35.3. The zero-order valence-corrected chi connectivity index (χ0v) is 28.4. The lowest BCUT2D eigenvalue weighted by atomic mass is 9.91. The molecule has 2 aromatic heterocycles. The van der Waals surface area contributed by atoms with Crippen molar-refractivity contribution in [2.75, 3.05) is 0 Å². The van der Waals surface area contributed by atoms with Crippen molar-refractivity contribution in [1.82, 2.24) is 15.0 Å². The third-order valence-corrected chi connectivity index (χ3v) is 9.92. The smallest absolute Gasteiger partial charge is 0.164 e. The second-order valence-corrected chi connectivity index (χ2v) is 13.1. The van der Waals surface area contributed by atoms with Gasteiger partial charge in [-0.3, -0.25) is 0 Å². The van der Waals surface area contributed by atoms with Crippen LogP contribution in [0, 0.1) is 11.3 Å². The third kappa shape index (κ3) is 5.29. The van der Waals surface area contributed by atoms with E-state index in [0.717, 1.165) is 82.4 Å². The number of nitriles is 1. The number of fused-ring (bicyclic) bond motifs is 8. The molecule has 0 aliphatic rings. The predicted octanol–water partition coefficient (Wildman–Crippen LogP) is 12.3. The van der Waals surface area contributed by atoms with Crippen molar-refractivity contribution in [1.29, 1.82) is 5.26 Å². The van der Waals surface area contributed by atoms with E-state index < -0.39 is 0 Å². The molecule has 246 valence electrons. The number of nitrogens with zero attached hydrogens (tertiary/aromatic N) is 4. The van der Waals surface area contributed by atoms with Gasteiger partial charge >= 0.3 is 0 Å². The maximum atomic E-state index is 9.55. The van der Waals surface area contributed by atoms with Crippen molar-refractivity contribution < 1.29 is 4.42 Å². The fourth-order valence-corrected chi connectivity index (χ4v) is 7.36. The Labute approximate surface area is 305 Å². The lowest BCUT2D eigenvalue weighted by molar-refractivity contribution is 0.673. The largest absolute Gasteiger partial charge is 0.455 e. The van der Waals surface area contributed by atoms with Crippen molar-refractivity contribution in [3.8, 4) is 62.5 Å². The van der Waals surface area contributed by atoms with E-state index in [9.17, 15) is 5.26 Å². The van der Waals surface area contributed by atoms with Gasteiger partial charge in [0.15, 0.2) is 17.5 Å². The highest BCUT2D eigenvalue weighted by Gasteiger charge is 2.18. The topological polar surface area (TPSA) is 75.6 Å². The van der Waals surface area contributed by atoms with Crippen molar-refractivity contribution in [3.63, 3.8) is 0 Å². The Balaban J connectivity index is 1.15. The fraction of sp³-hybridized carbons (Fsp3) is 0. The van der Waals surface area contributed by atoms with Gasteiger partial charge in [-0.05, 0) is 74.8 Å². The van der Waals surface area contributed by atoms with E-state index in [1.165, 1.54) is 0 Å². The molecular weight excluding hydrogens is 649 g/mol. The lowest BCUT2D eigenvalue weighted by Gasteiger charge is -2.12. The fourth-order valence-electron chi connectivity index (χ4n) is 7.36. The molecular formula is C48H28N4O. The minimum Gasteiger partial charge on any atom is -0.455 e. The molecule has 0 radical (unpaired) electrons. The van der Waals surface area contributed by atoms with Gasteiger partial charge in [0, 0.05) is 32.8 Å². The summed E-state index contributed by atoms with van der Waals surface area (Å²) in [6.45, 7) is 0. The van der Waals surface area contributed by atoms with Gasteiger partial charge < -0.3 is 4.42 Å². The number of hydrogen-bond donors (Lipinski definition) is 0. The molecule has 0 saturated heterocycles. The molecule has 10 rings (SSSR count). The minimum absolute atomic E-state index is 0.613. The van der Waals surface area contributed by atoms with Crippen LogP contribution in [0.5, 0.6) is 0 Å². The second kappa shape index (κ2) is 12.4. The number of benzene rings is 8. The van der Waals surface area contributed by atoms with Crippen LogP contribution < -0.4 is 0 Å². The predicted molar refractivity (Wildman–Crippen MR) is 214 cm³/mol. The van der Waals surface area contributed by atoms with Gasteiger partial charge in [-0.2, -0.15) is 5.26 Å². The van der Waals surface area contributed by atoms with Crippen molar-refractivity contribution in [2.45, 2.75) is 0 Å². The normalized spacial score (nSPS) is 11.4. The van der Waals surface area contributed by atoms with E-state index in [1.807, 2.05) is 91.0 Å². The van der Waals surface area contributed by atoms with Gasteiger partial charge in [-0.15, -0.1) is 0 Å². The molecule has 0 aliphatic carbocycles. The highest BCUT2D eigenvalue weighted by atomic mass is 16.3. The highest BCUT2D eigenvalue weighted by Crippen LogP contribution is 2.43. The molecule has 5 nitrogen and oxygen atoms in total. The first-order chi connectivity index (χ1) is 26.2. The summed E-state index contributed by atoms with van der Waals surface area (Å²) in [6, 6.07) is 59.9. The van der Waals surface area contributed by atoms with Crippen LogP contribution in [0.1, 0.15) is 5.56 Å². The quantitative estimate of drug-likeness (QED) is 0.170. The minimum atomic E-state index is 0.613. The van der Waals surface area contributed by atoms with Crippen LogP contribution >= 0.6 is 0 Å². The monoisotopic (exact) mass is 676 g/mol. The summed E-state index contributed by atoms with van der Waals surface area (Å²) in [7, 11) is 0. The van der Waals surface area contributed by atoms with Gasteiger partial charge in [0.2, 0.25) is 0 Å². The van der Waals surface area contributed by atoms with E-state index in [0.29, 0.717) is 23.0 Å². The second-order valence-electron chi connectivity index (χ2n) is 13.1. The molecule has 8 aromatic carbocycles. The van der Waals surface area contributed by atoms with Gasteiger partial charge in [0.25, 0.3) is 0 Å². The average Bonchev–Trinajstić information content (AvgIpc) is 3.64. The first kappa shape index (κ1) is 30.4. The molecule has 0 fully saturated rings. The average molecular weight is 677 g/mol. The van der Waals surface area contributed by atoms with Crippen LogP contribution in [0.4, 0.5) is 0 Å². The molecule has 0 saturated carbocycles. The molecule has 0 bridgehead atoms. The van der Waals surface area contributed by atoms with E-state index in [4.69, 9.17) is 19.4 Å². The van der Waals surface area contributed by atoms with Crippen molar-refractivity contribution >= 4 is 43.5 Å². The number of furan rings is 1. The van der Waals surface area contributed by atoms with Crippen LogP contribution in [0.15, 0.2) is 174 Å².